The smallest absolute Gasteiger partial charge is 0.229 e. The molecule has 96 valence electrons. The lowest BCUT2D eigenvalue weighted by Crippen LogP contribution is -1.89. The van der Waals surface area contributed by atoms with Gasteiger partial charge in [-0.2, -0.15) is 0 Å². The first-order chi connectivity index (χ1) is 9.17. The van der Waals surface area contributed by atoms with E-state index in [4.69, 9.17) is 14.9 Å². The highest BCUT2D eigenvalue weighted by molar-refractivity contribution is 9.10. The third-order valence-corrected chi connectivity index (χ3v) is 3.33. The van der Waals surface area contributed by atoms with E-state index < -0.39 is 0 Å². The molecule has 0 unspecified atom stereocenters. The average Bonchev–Trinajstić information content (AvgIpc) is 2.80. The molecule has 0 aliphatic rings. The van der Waals surface area contributed by atoms with Crippen LogP contribution in [-0.2, 0) is 0 Å². The zero-order valence-corrected chi connectivity index (χ0v) is 11.8. The van der Waals surface area contributed by atoms with Crippen LogP contribution in [0, 0.1) is 0 Å². The van der Waals surface area contributed by atoms with Gasteiger partial charge in [-0.3, -0.25) is 0 Å². The Balaban J connectivity index is 2.14. The number of oxazole rings is 1. The fourth-order valence-electron chi connectivity index (χ4n) is 1.88. The summed E-state index contributed by atoms with van der Waals surface area (Å²) in [6.45, 7) is 0. The Morgan fingerprint density at radius 3 is 2.79 bits per heavy atom. The molecule has 0 saturated heterocycles. The maximum atomic E-state index is 5.98. The van der Waals surface area contributed by atoms with Gasteiger partial charge in [0.2, 0.25) is 5.89 Å². The molecule has 4 nitrogen and oxygen atoms in total. The SMILES string of the molecule is COc1ccc2oc(-c3ccc(Br)cc3N)nc2c1. The van der Waals surface area contributed by atoms with E-state index in [1.165, 1.54) is 0 Å². The molecule has 0 amide bonds. The highest BCUT2D eigenvalue weighted by Gasteiger charge is 2.11. The molecule has 3 aromatic rings. The van der Waals surface area contributed by atoms with Gasteiger partial charge in [-0.15, -0.1) is 0 Å². The lowest BCUT2D eigenvalue weighted by molar-refractivity contribution is 0.415. The van der Waals surface area contributed by atoms with E-state index in [2.05, 4.69) is 20.9 Å². The molecule has 0 spiro atoms. The molecule has 2 aromatic carbocycles. The van der Waals surface area contributed by atoms with Crippen molar-refractivity contribution < 1.29 is 9.15 Å². The van der Waals surface area contributed by atoms with Gasteiger partial charge in [0.15, 0.2) is 5.58 Å². The molecule has 0 atom stereocenters. The van der Waals surface area contributed by atoms with Crippen molar-refractivity contribution in [2.75, 3.05) is 12.8 Å². The maximum absolute atomic E-state index is 5.98. The molecule has 5 heteroatoms. The van der Waals surface area contributed by atoms with Crippen LogP contribution in [0.3, 0.4) is 0 Å². The van der Waals surface area contributed by atoms with Gasteiger partial charge in [0, 0.05) is 16.2 Å². The minimum atomic E-state index is 0.508. The van der Waals surface area contributed by atoms with Gasteiger partial charge in [0.25, 0.3) is 0 Å². The van der Waals surface area contributed by atoms with E-state index in [9.17, 15) is 0 Å². The lowest BCUT2D eigenvalue weighted by atomic mass is 10.2. The van der Waals surface area contributed by atoms with Gasteiger partial charge in [0.1, 0.15) is 11.3 Å². The van der Waals surface area contributed by atoms with Crippen LogP contribution in [-0.4, -0.2) is 12.1 Å². The number of hydrogen-bond acceptors (Lipinski definition) is 4. The van der Waals surface area contributed by atoms with E-state index in [0.29, 0.717) is 17.2 Å². The van der Waals surface area contributed by atoms with Crippen LogP contribution in [0.15, 0.2) is 45.3 Å². The van der Waals surface area contributed by atoms with Crippen LogP contribution in [0.4, 0.5) is 5.69 Å². The number of nitrogens with zero attached hydrogens (tertiary/aromatic N) is 1. The maximum Gasteiger partial charge on any atom is 0.229 e. The molecule has 0 aliphatic heterocycles. The normalized spacial score (nSPS) is 10.8. The Morgan fingerprint density at radius 1 is 1.21 bits per heavy atom. The molecule has 0 saturated carbocycles. The summed E-state index contributed by atoms with van der Waals surface area (Å²) in [6.07, 6.45) is 0. The van der Waals surface area contributed by atoms with Crippen LogP contribution in [0.2, 0.25) is 0 Å². The van der Waals surface area contributed by atoms with Crippen LogP contribution >= 0.6 is 15.9 Å². The first-order valence-corrected chi connectivity index (χ1v) is 6.46. The van der Waals surface area contributed by atoms with Crippen molar-refractivity contribution >= 4 is 32.7 Å². The fourth-order valence-corrected chi connectivity index (χ4v) is 2.26. The molecule has 0 aliphatic carbocycles. The molecule has 3 rings (SSSR count). The summed E-state index contributed by atoms with van der Waals surface area (Å²) < 4.78 is 11.8. The summed E-state index contributed by atoms with van der Waals surface area (Å²) >= 11 is 3.37. The zero-order valence-electron chi connectivity index (χ0n) is 10.2. The zero-order chi connectivity index (χ0) is 13.4. The van der Waals surface area contributed by atoms with Crippen LogP contribution in [0.25, 0.3) is 22.6 Å². The second-order valence-corrected chi connectivity index (χ2v) is 5.00. The summed E-state index contributed by atoms with van der Waals surface area (Å²) in [5.74, 6) is 1.25. The number of methoxy groups -OCH3 is 1. The van der Waals surface area contributed by atoms with Crippen molar-refractivity contribution in [1.29, 1.82) is 0 Å². The summed E-state index contributed by atoms with van der Waals surface area (Å²) in [5, 5.41) is 0. The Labute approximate surface area is 118 Å². The van der Waals surface area contributed by atoms with E-state index in [1.54, 1.807) is 7.11 Å². The van der Waals surface area contributed by atoms with Gasteiger partial charge in [-0.05, 0) is 30.3 Å². The molecule has 19 heavy (non-hydrogen) atoms. The largest absolute Gasteiger partial charge is 0.497 e. The van der Waals surface area contributed by atoms with Gasteiger partial charge < -0.3 is 14.9 Å². The minimum Gasteiger partial charge on any atom is -0.497 e. The molecule has 2 N–H and O–H groups in total. The van der Waals surface area contributed by atoms with Crippen molar-refractivity contribution in [2.45, 2.75) is 0 Å². The number of hydrogen-bond donors (Lipinski definition) is 1. The predicted molar refractivity (Wildman–Crippen MR) is 78.1 cm³/mol. The number of ether oxygens (including phenoxy) is 1. The molecule has 1 aromatic heterocycles. The minimum absolute atomic E-state index is 0.508. The van der Waals surface area contributed by atoms with Gasteiger partial charge >= 0.3 is 0 Å². The quantitative estimate of drug-likeness (QED) is 0.729. The Bertz CT molecular complexity index is 752. The predicted octanol–water partition coefficient (Wildman–Crippen LogP) is 3.85. The van der Waals surface area contributed by atoms with E-state index in [0.717, 1.165) is 21.3 Å². The van der Waals surface area contributed by atoms with Gasteiger partial charge in [0.05, 0.1) is 12.7 Å². The molecule has 0 bridgehead atoms. The second kappa shape index (κ2) is 4.59. The third-order valence-electron chi connectivity index (χ3n) is 2.84. The Hall–Kier alpha value is -2.01. The van der Waals surface area contributed by atoms with Gasteiger partial charge in [-0.1, -0.05) is 15.9 Å². The summed E-state index contributed by atoms with van der Waals surface area (Å²) in [5.41, 5.74) is 8.82. The highest BCUT2D eigenvalue weighted by atomic mass is 79.9. The van der Waals surface area contributed by atoms with E-state index in [1.807, 2.05) is 36.4 Å². The summed E-state index contributed by atoms with van der Waals surface area (Å²) in [7, 11) is 1.62. The molecular formula is C14H11BrN2O2. The number of benzene rings is 2. The number of halogens is 1. The average molecular weight is 319 g/mol. The van der Waals surface area contributed by atoms with Crippen LogP contribution in [0.5, 0.6) is 5.75 Å². The fraction of sp³-hybridized carbons (Fsp3) is 0.0714. The summed E-state index contributed by atoms with van der Waals surface area (Å²) in [6, 6.07) is 11.1. The second-order valence-electron chi connectivity index (χ2n) is 4.08. The standard InChI is InChI=1S/C14H11BrN2O2/c1-18-9-3-5-13-12(7-9)17-14(19-13)10-4-2-8(15)6-11(10)16/h2-7H,16H2,1H3. The topological polar surface area (TPSA) is 61.3 Å². The van der Waals surface area contributed by atoms with Crippen LogP contribution < -0.4 is 10.5 Å². The third kappa shape index (κ3) is 2.17. The molecule has 0 fully saturated rings. The van der Waals surface area contributed by atoms with Crippen molar-refractivity contribution in [2.24, 2.45) is 0 Å². The van der Waals surface area contributed by atoms with Crippen molar-refractivity contribution in [3.8, 4) is 17.2 Å². The molecule has 1 heterocycles. The van der Waals surface area contributed by atoms with Crippen LogP contribution in [0.1, 0.15) is 0 Å². The van der Waals surface area contributed by atoms with E-state index in [-0.39, 0.29) is 0 Å². The number of rotatable bonds is 2. The van der Waals surface area contributed by atoms with Crippen molar-refractivity contribution in [3.05, 3.63) is 40.9 Å². The Morgan fingerprint density at radius 2 is 2.05 bits per heavy atom. The lowest BCUT2D eigenvalue weighted by Gasteiger charge is -2.00. The van der Waals surface area contributed by atoms with Crippen molar-refractivity contribution in [1.82, 2.24) is 4.98 Å². The first-order valence-electron chi connectivity index (χ1n) is 5.67. The van der Waals surface area contributed by atoms with Crippen molar-refractivity contribution in [3.63, 3.8) is 0 Å². The number of fused-ring (bicyclic) bond motifs is 1. The number of anilines is 1. The number of nitrogens with two attached hydrogens (primary N) is 1. The Kier molecular flexibility index (Phi) is 2.91. The monoisotopic (exact) mass is 318 g/mol. The van der Waals surface area contributed by atoms with Gasteiger partial charge in [-0.25, -0.2) is 4.98 Å². The number of aromatic nitrogens is 1. The van der Waals surface area contributed by atoms with E-state index >= 15 is 0 Å². The molecule has 0 radical (unpaired) electrons. The highest BCUT2D eigenvalue weighted by Crippen LogP contribution is 2.31. The molecular weight excluding hydrogens is 308 g/mol. The summed E-state index contributed by atoms with van der Waals surface area (Å²) in [4.78, 5) is 4.44. The first kappa shape index (κ1) is 12.0. The number of nitrogen functional groups attached to an aromatic ring is 1.